The van der Waals surface area contributed by atoms with Gasteiger partial charge in [-0.25, -0.2) is 4.98 Å². The molecule has 1 aromatic carbocycles. The number of ether oxygens (including phenoxy) is 2. The number of hydrogen-bond donors (Lipinski definition) is 0. The smallest absolute Gasteiger partial charge is 0.246 e. The summed E-state index contributed by atoms with van der Waals surface area (Å²) < 4.78 is 11.3. The maximum Gasteiger partial charge on any atom is 0.246 e. The summed E-state index contributed by atoms with van der Waals surface area (Å²) in [6, 6.07) is 9.86. The number of rotatable bonds is 4. The summed E-state index contributed by atoms with van der Waals surface area (Å²) in [5.41, 5.74) is 2.01. The van der Waals surface area contributed by atoms with Crippen molar-refractivity contribution >= 4 is 17.8 Å². The van der Waals surface area contributed by atoms with Crippen LogP contribution in [0.25, 0.3) is 6.08 Å². The summed E-state index contributed by atoms with van der Waals surface area (Å²) in [6.45, 7) is 4.98. The van der Waals surface area contributed by atoms with E-state index < -0.39 is 0 Å². The van der Waals surface area contributed by atoms with Crippen LogP contribution in [0.3, 0.4) is 0 Å². The van der Waals surface area contributed by atoms with Gasteiger partial charge in [-0.2, -0.15) is 0 Å². The van der Waals surface area contributed by atoms with Gasteiger partial charge in [-0.05, 0) is 37.3 Å². The van der Waals surface area contributed by atoms with Gasteiger partial charge in [-0.3, -0.25) is 4.79 Å². The zero-order valence-electron chi connectivity index (χ0n) is 16.3. The second kappa shape index (κ2) is 7.92. The summed E-state index contributed by atoms with van der Waals surface area (Å²) in [6.07, 6.45) is 6.30. The molecule has 1 saturated heterocycles. The Balaban J connectivity index is 1.40. The van der Waals surface area contributed by atoms with Gasteiger partial charge in [0.2, 0.25) is 5.91 Å². The number of hydrogen-bond acceptors (Lipinski definition) is 5. The Morgan fingerprint density at radius 1 is 1.25 bits per heavy atom. The molecule has 0 aliphatic carbocycles. The predicted octanol–water partition coefficient (Wildman–Crippen LogP) is 2.78. The first-order valence-corrected chi connectivity index (χ1v) is 9.64. The summed E-state index contributed by atoms with van der Waals surface area (Å²) in [5, 5.41) is 0. The van der Waals surface area contributed by atoms with Gasteiger partial charge in [0.15, 0.2) is 0 Å². The highest BCUT2D eigenvalue weighted by atomic mass is 16.5. The monoisotopic (exact) mass is 379 g/mol. The van der Waals surface area contributed by atoms with Crippen molar-refractivity contribution in [3.8, 4) is 11.5 Å². The average Bonchev–Trinajstić information content (AvgIpc) is 3.10. The van der Waals surface area contributed by atoms with Crippen molar-refractivity contribution in [2.24, 2.45) is 0 Å². The Morgan fingerprint density at radius 3 is 2.79 bits per heavy atom. The normalized spacial score (nSPS) is 18.9. The molecule has 28 heavy (non-hydrogen) atoms. The molecule has 0 radical (unpaired) electrons. The van der Waals surface area contributed by atoms with Crippen molar-refractivity contribution in [2.45, 2.75) is 19.4 Å². The minimum Gasteiger partial charge on any atom is -0.496 e. The topological polar surface area (TPSA) is 54.9 Å². The van der Waals surface area contributed by atoms with Crippen LogP contribution in [-0.2, 0) is 11.2 Å². The highest BCUT2D eigenvalue weighted by Gasteiger charge is 2.22. The van der Waals surface area contributed by atoms with E-state index in [0.29, 0.717) is 13.1 Å². The number of anilines is 1. The molecule has 0 bridgehead atoms. The lowest BCUT2D eigenvalue weighted by Gasteiger charge is -2.34. The molecule has 1 fully saturated rings. The van der Waals surface area contributed by atoms with Gasteiger partial charge < -0.3 is 19.3 Å². The lowest BCUT2D eigenvalue weighted by Crippen LogP contribution is -2.48. The first kappa shape index (κ1) is 18.3. The van der Waals surface area contributed by atoms with Crippen LogP contribution in [0.2, 0.25) is 0 Å². The predicted molar refractivity (Wildman–Crippen MR) is 109 cm³/mol. The van der Waals surface area contributed by atoms with Crippen LogP contribution in [0.15, 0.2) is 42.6 Å². The Labute approximate surface area is 165 Å². The van der Waals surface area contributed by atoms with Gasteiger partial charge in [0.25, 0.3) is 0 Å². The van der Waals surface area contributed by atoms with E-state index in [1.807, 2.05) is 41.3 Å². The first-order chi connectivity index (χ1) is 13.6. The number of pyridine rings is 1. The van der Waals surface area contributed by atoms with Gasteiger partial charge in [0, 0.05) is 56.0 Å². The summed E-state index contributed by atoms with van der Waals surface area (Å²) >= 11 is 0. The number of amides is 1. The third-order valence-corrected chi connectivity index (χ3v) is 5.22. The lowest BCUT2D eigenvalue weighted by atomic mass is 10.1. The van der Waals surface area contributed by atoms with Crippen LogP contribution >= 0.6 is 0 Å². The Morgan fingerprint density at radius 2 is 2.07 bits per heavy atom. The Bertz CT molecular complexity index is 874. The summed E-state index contributed by atoms with van der Waals surface area (Å²) in [4.78, 5) is 21.1. The second-order valence-corrected chi connectivity index (χ2v) is 7.17. The molecule has 2 aromatic rings. The van der Waals surface area contributed by atoms with Crippen molar-refractivity contribution < 1.29 is 14.3 Å². The minimum atomic E-state index is 0.0116. The molecule has 2 aliphatic heterocycles. The van der Waals surface area contributed by atoms with Gasteiger partial charge in [-0.15, -0.1) is 0 Å². The van der Waals surface area contributed by atoms with Crippen LogP contribution in [0.1, 0.15) is 18.1 Å². The molecule has 6 heteroatoms. The summed E-state index contributed by atoms with van der Waals surface area (Å²) in [5.74, 6) is 2.62. The van der Waals surface area contributed by atoms with E-state index >= 15 is 0 Å². The van der Waals surface area contributed by atoms with E-state index in [2.05, 4.69) is 16.8 Å². The van der Waals surface area contributed by atoms with Gasteiger partial charge in [0.05, 0.1) is 7.11 Å². The van der Waals surface area contributed by atoms with Crippen molar-refractivity contribution in [3.63, 3.8) is 0 Å². The highest BCUT2D eigenvalue weighted by molar-refractivity contribution is 5.92. The van der Waals surface area contributed by atoms with Crippen LogP contribution in [0.5, 0.6) is 11.5 Å². The average molecular weight is 379 g/mol. The van der Waals surface area contributed by atoms with Crippen molar-refractivity contribution in [1.29, 1.82) is 0 Å². The van der Waals surface area contributed by atoms with Crippen LogP contribution in [0.4, 0.5) is 5.82 Å². The maximum absolute atomic E-state index is 12.6. The van der Waals surface area contributed by atoms with Crippen LogP contribution in [-0.4, -0.2) is 55.2 Å². The number of piperazine rings is 1. The second-order valence-electron chi connectivity index (χ2n) is 7.17. The highest BCUT2D eigenvalue weighted by Crippen LogP contribution is 2.35. The molecule has 4 rings (SSSR count). The van der Waals surface area contributed by atoms with Gasteiger partial charge in [0.1, 0.15) is 23.4 Å². The largest absolute Gasteiger partial charge is 0.496 e. The molecule has 1 atom stereocenters. The minimum absolute atomic E-state index is 0.0116. The zero-order valence-corrected chi connectivity index (χ0v) is 16.3. The van der Waals surface area contributed by atoms with Gasteiger partial charge in [-0.1, -0.05) is 6.07 Å². The van der Waals surface area contributed by atoms with Crippen molar-refractivity contribution in [2.75, 3.05) is 38.2 Å². The van der Waals surface area contributed by atoms with E-state index in [1.54, 1.807) is 19.4 Å². The van der Waals surface area contributed by atoms with Crippen molar-refractivity contribution in [3.05, 3.63) is 53.7 Å². The van der Waals surface area contributed by atoms with E-state index in [0.717, 1.165) is 48.0 Å². The maximum atomic E-state index is 12.6. The molecule has 1 amide bonds. The van der Waals surface area contributed by atoms with Crippen LogP contribution < -0.4 is 14.4 Å². The molecule has 2 aliphatic rings. The Kier molecular flexibility index (Phi) is 5.19. The summed E-state index contributed by atoms with van der Waals surface area (Å²) in [7, 11) is 1.65. The zero-order chi connectivity index (χ0) is 19.5. The molecule has 1 aromatic heterocycles. The van der Waals surface area contributed by atoms with E-state index in [-0.39, 0.29) is 12.0 Å². The first-order valence-electron chi connectivity index (χ1n) is 9.64. The molecule has 6 nitrogen and oxygen atoms in total. The molecule has 146 valence electrons. The fourth-order valence-corrected chi connectivity index (χ4v) is 3.73. The third-order valence-electron chi connectivity index (χ3n) is 5.22. The number of nitrogens with zero attached hydrogens (tertiary/aromatic N) is 3. The molecular formula is C22H25N3O3. The molecular weight excluding hydrogens is 354 g/mol. The molecule has 0 unspecified atom stereocenters. The molecule has 0 spiro atoms. The van der Waals surface area contributed by atoms with Crippen molar-refractivity contribution in [1.82, 2.24) is 9.88 Å². The fourth-order valence-electron chi connectivity index (χ4n) is 3.73. The lowest BCUT2D eigenvalue weighted by molar-refractivity contribution is -0.126. The number of methoxy groups -OCH3 is 1. The van der Waals surface area contributed by atoms with Gasteiger partial charge >= 0.3 is 0 Å². The number of benzene rings is 1. The number of carbonyl (C=O) groups excluding carboxylic acids is 1. The third kappa shape index (κ3) is 3.81. The van der Waals surface area contributed by atoms with E-state index in [4.69, 9.17) is 9.47 Å². The quantitative estimate of drug-likeness (QED) is 0.765. The van der Waals surface area contributed by atoms with E-state index in [1.165, 1.54) is 0 Å². The van der Waals surface area contributed by atoms with E-state index in [9.17, 15) is 4.79 Å². The molecule has 0 saturated carbocycles. The molecule has 3 heterocycles. The number of carbonyl (C=O) groups is 1. The van der Waals surface area contributed by atoms with Crippen LogP contribution in [0, 0.1) is 0 Å². The Hall–Kier alpha value is -3.02. The standard InChI is InChI=1S/C22H25N3O3/c1-16-13-18-15-19(27-2)17(14-20(18)28-16)6-7-22(26)25-11-9-24(10-12-25)21-5-3-4-8-23-21/h3-8,14-16H,9-13H2,1-2H3/b7-6+/t16-/m0/s1. The molecule has 0 N–H and O–H groups in total. The number of fused-ring (bicyclic) bond motifs is 1. The fraction of sp³-hybridized carbons (Fsp3) is 0.364. The number of aromatic nitrogens is 1. The SMILES string of the molecule is COc1cc2c(cc1/C=C/C(=O)N1CCN(c3ccccn3)CC1)O[C@@H](C)C2.